The third-order valence-corrected chi connectivity index (χ3v) is 3.36. The summed E-state index contributed by atoms with van der Waals surface area (Å²) in [6.07, 6.45) is -4.50. The first-order valence-corrected chi connectivity index (χ1v) is 5.53. The van der Waals surface area contributed by atoms with Crippen molar-refractivity contribution >= 4 is 23.4 Å². The van der Waals surface area contributed by atoms with Gasteiger partial charge in [0.25, 0.3) is 0 Å². The quantitative estimate of drug-likeness (QED) is 0.464. The number of carbonyl (C=O) groups is 1. The van der Waals surface area contributed by atoms with Crippen LogP contribution in [0, 0.1) is 5.92 Å². The molecule has 0 radical (unpaired) electrons. The van der Waals surface area contributed by atoms with E-state index in [1.54, 1.807) is 6.92 Å². The summed E-state index contributed by atoms with van der Waals surface area (Å²) >= 11 is 0.773. The maximum absolute atomic E-state index is 12.5. The monoisotopic (exact) mass is 257 g/mol. The van der Waals surface area contributed by atoms with Crippen LogP contribution in [0.25, 0.3) is 0 Å². The second-order valence-electron chi connectivity index (χ2n) is 3.08. The molecule has 4 nitrogen and oxygen atoms in total. The lowest BCUT2D eigenvalue weighted by atomic mass is 10.0. The van der Waals surface area contributed by atoms with Crippen molar-refractivity contribution in [1.82, 2.24) is 0 Å². The van der Waals surface area contributed by atoms with Gasteiger partial charge in [0.15, 0.2) is 0 Å². The molecule has 0 bridgehead atoms. The molecule has 0 aromatic carbocycles. The predicted molar refractivity (Wildman–Crippen MR) is 51.6 cm³/mol. The molecular formula is C8H10F3NO3S. The van der Waals surface area contributed by atoms with Crippen molar-refractivity contribution < 1.29 is 27.9 Å². The molecule has 0 amide bonds. The van der Waals surface area contributed by atoms with E-state index >= 15 is 0 Å². The maximum Gasteiger partial charge on any atom is 0.397 e. The molecule has 0 aromatic heterocycles. The summed E-state index contributed by atoms with van der Waals surface area (Å²) in [7, 11) is 0. The van der Waals surface area contributed by atoms with Crippen LogP contribution < -0.4 is 0 Å². The lowest BCUT2D eigenvalue weighted by Gasteiger charge is -2.14. The lowest BCUT2D eigenvalue weighted by molar-refractivity contribution is -0.150. The Morgan fingerprint density at radius 1 is 1.69 bits per heavy atom. The normalized spacial score (nSPS) is 28.4. The van der Waals surface area contributed by atoms with Gasteiger partial charge in [-0.25, -0.2) is 0 Å². The number of rotatable bonds is 2. The zero-order valence-corrected chi connectivity index (χ0v) is 9.14. The Morgan fingerprint density at radius 3 is 2.75 bits per heavy atom. The van der Waals surface area contributed by atoms with Gasteiger partial charge in [-0.1, -0.05) is 5.16 Å². The molecule has 1 fully saturated rings. The van der Waals surface area contributed by atoms with Gasteiger partial charge in [-0.15, -0.1) is 11.8 Å². The van der Waals surface area contributed by atoms with Crippen LogP contribution in [0.2, 0.25) is 0 Å². The minimum Gasteiger partial charge on any atom is -0.465 e. The van der Waals surface area contributed by atoms with E-state index in [0.29, 0.717) is 0 Å². The van der Waals surface area contributed by atoms with Crippen molar-refractivity contribution in [2.45, 2.75) is 18.3 Å². The van der Waals surface area contributed by atoms with E-state index in [0.717, 1.165) is 11.8 Å². The van der Waals surface area contributed by atoms with Crippen molar-refractivity contribution in [3.05, 3.63) is 0 Å². The average molecular weight is 257 g/mol. The van der Waals surface area contributed by atoms with Gasteiger partial charge >= 0.3 is 12.1 Å². The third-order valence-electron chi connectivity index (χ3n) is 2.07. The molecule has 2 atom stereocenters. The Hall–Kier alpha value is -0.920. The molecule has 8 heteroatoms. The molecule has 1 aliphatic heterocycles. The Balaban J connectivity index is 2.83. The smallest absolute Gasteiger partial charge is 0.397 e. The first kappa shape index (κ1) is 13.1. The van der Waals surface area contributed by atoms with Gasteiger partial charge in [0.05, 0.1) is 12.3 Å². The van der Waals surface area contributed by atoms with Gasteiger partial charge < -0.3 is 9.94 Å². The zero-order chi connectivity index (χ0) is 12.3. The van der Waals surface area contributed by atoms with Crippen LogP contribution >= 0.6 is 11.8 Å². The van der Waals surface area contributed by atoms with Crippen LogP contribution in [0.15, 0.2) is 5.16 Å². The van der Waals surface area contributed by atoms with Crippen LogP contribution in [0.5, 0.6) is 0 Å². The fourth-order valence-corrected chi connectivity index (χ4v) is 2.67. The largest absolute Gasteiger partial charge is 0.465 e. The number of alkyl halides is 3. The van der Waals surface area contributed by atoms with Crippen molar-refractivity contribution in [3.63, 3.8) is 0 Å². The van der Waals surface area contributed by atoms with Gasteiger partial charge in [0.1, 0.15) is 11.2 Å². The molecule has 1 aliphatic rings. The second kappa shape index (κ2) is 4.94. The molecule has 0 saturated carbocycles. The first-order chi connectivity index (χ1) is 7.41. The minimum atomic E-state index is -4.50. The molecule has 16 heavy (non-hydrogen) atoms. The summed E-state index contributed by atoms with van der Waals surface area (Å²) < 4.78 is 42.0. The van der Waals surface area contributed by atoms with Crippen LogP contribution in [-0.4, -0.2) is 40.7 Å². The number of thioether (sulfide) groups is 1. The van der Waals surface area contributed by atoms with Crippen molar-refractivity contribution in [1.29, 1.82) is 0 Å². The molecule has 1 N–H and O–H groups in total. The number of hydrogen-bond acceptors (Lipinski definition) is 5. The summed E-state index contributed by atoms with van der Waals surface area (Å²) in [4.78, 5) is 11.3. The molecule has 1 heterocycles. The maximum atomic E-state index is 12.5. The highest BCUT2D eigenvalue weighted by molar-refractivity contribution is 8.01. The Kier molecular flexibility index (Phi) is 4.06. The molecular weight excluding hydrogens is 247 g/mol. The standard InChI is InChI=1S/C8H10F3NO3S/c1-2-15-7(13)6-5(12-14)4(3-16-6)8(9,10)11/h4,6,14H,2-3H2,1H3. The molecule has 2 unspecified atom stereocenters. The third kappa shape index (κ3) is 2.60. The van der Waals surface area contributed by atoms with E-state index in [9.17, 15) is 18.0 Å². The van der Waals surface area contributed by atoms with Gasteiger partial charge in [-0.05, 0) is 6.92 Å². The van der Waals surface area contributed by atoms with E-state index in [2.05, 4.69) is 9.89 Å². The SMILES string of the molecule is CCOC(=O)C1SCC(C(F)(F)F)C1=NO. The summed E-state index contributed by atoms with van der Waals surface area (Å²) in [5, 5.41) is 9.99. The van der Waals surface area contributed by atoms with E-state index in [1.807, 2.05) is 0 Å². The number of oxime groups is 1. The first-order valence-electron chi connectivity index (χ1n) is 4.48. The van der Waals surface area contributed by atoms with Crippen LogP contribution in [0.4, 0.5) is 13.2 Å². The topological polar surface area (TPSA) is 58.9 Å². The molecule has 0 spiro atoms. The van der Waals surface area contributed by atoms with Gasteiger partial charge in [-0.3, -0.25) is 4.79 Å². The molecule has 0 aromatic rings. The lowest BCUT2D eigenvalue weighted by Crippen LogP contribution is -2.35. The average Bonchev–Trinajstić information content (AvgIpc) is 2.60. The van der Waals surface area contributed by atoms with Gasteiger partial charge in [-0.2, -0.15) is 13.2 Å². The highest BCUT2D eigenvalue weighted by Crippen LogP contribution is 2.39. The number of halogens is 3. The summed E-state index contributed by atoms with van der Waals surface area (Å²) in [5.74, 6) is -3.00. The fourth-order valence-electron chi connectivity index (χ4n) is 1.34. The molecule has 1 saturated heterocycles. The van der Waals surface area contributed by atoms with Gasteiger partial charge in [0.2, 0.25) is 0 Å². The molecule has 92 valence electrons. The van der Waals surface area contributed by atoms with Crippen LogP contribution in [0.1, 0.15) is 6.92 Å². The second-order valence-corrected chi connectivity index (χ2v) is 4.22. The number of ether oxygens (including phenoxy) is 1. The van der Waals surface area contributed by atoms with Crippen molar-refractivity contribution in [2.24, 2.45) is 11.1 Å². The van der Waals surface area contributed by atoms with E-state index in [-0.39, 0.29) is 12.4 Å². The minimum absolute atomic E-state index is 0.0747. The molecule has 1 rings (SSSR count). The van der Waals surface area contributed by atoms with E-state index in [4.69, 9.17) is 5.21 Å². The number of hydrogen-bond donors (Lipinski definition) is 1. The molecule has 0 aliphatic carbocycles. The summed E-state index contributed by atoms with van der Waals surface area (Å²) in [6, 6.07) is 0. The Labute approximate surface area is 93.8 Å². The van der Waals surface area contributed by atoms with Crippen LogP contribution in [-0.2, 0) is 9.53 Å². The van der Waals surface area contributed by atoms with Crippen LogP contribution in [0.3, 0.4) is 0 Å². The fraction of sp³-hybridized carbons (Fsp3) is 0.750. The van der Waals surface area contributed by atoms with Crippen molar-refractivity contribution in [2.75, 3.05) is 12.4 Å². The highest BCUT2D eigenvalue weighted by Gasteiger charge is 2.52. The zero-order valence-electron chi connectivity index (χ0n) is 8.32. The predicted octanol–water partition coefficient (Wildman–Crippen LogP) is 1.67. The highest BCUT2D eigenvalue weighted by atomic mass is 32.2. The van der Waals surface area contributed by atoms with E-state index < -0.39 is 29.0 Å². The summed E-state index contributed by atoms with van der Waals surface area (Å²) in [5.41, 5.74) is -0.573. The number of carbonyl (C=O) groups excluding carboxylic acids is 1. The van der Waals surface area contributed by atoms with Crippen molar-refractivity contribution in [3.8, 4) is 0 Å². The number of nitrogens with zero attached hydrogens (tertiary/aromatic N) is 1. The Morgan fingerprint density at radius 2 is 2.31 bits per heavy atom. The summed E-state index contributed by atoms with van der Waals surface area (Å²) in [6.45, 7) is 1.62. The Bertz CT molecular complexity index is 305. The number of esters is 1. The van der Waals surface area contributed by atoms with E-state index in [1.165, 1.54) is 0 Å². The van der Waals surface area contributed by atoms with Gasteiger partial charge in [0, 0.05) is 5.75 Å².